The second-order valence-electron chi connectivity index (χ2n) is 6.70. The smallest absolute Gasteiger partial charge is 0.341 e. The molecule has 2 aliphatic rings. The molecule has 2 saturated heterocycles. The summed E-state index contributed by atoms with van der Waals surface area (Å²) in [5, 5.41) is 12.7. The van der Waals surface area contributed by atoms with Crippen molar-refractivity contribution in [2.45, 2.75) is 25.6 Å². The van der Waals surface area contributed by atoms with Crippen LogP contribution in [0.1, 0.15) is 28.9 Å². The van der Waals surface area contributed by atoms with Crippen LogP contribution in [-0.4, -0.2) is 51.3 Å². The van der Waals surface area contributed by atoms with Crippen LogP contribution < -0.4 is 10.7 Å². The third kappa shape index (κ3) is 2.72. The molecule has 1 aromatic carbocycles. The Bertz CT molecular complexity index is 945. The molecule has 0 bridgehead atoms. The van der Waals surface area contributed by atoms with Gasteiger partial charge in [-0.3, -0.25) is 9.69 Å². The molecule has 2 aromatic rings. The van der Waals surface area contributed by atoms with Gasteiger partial charge < -0.3 is 15.0 Å². The fourth-order valence-electron chi connectivity index (χ4n) is 3.90. The van der Waals surface area contributed by atoms with Crippen LogP contribution in [-0.2, 0) is 6.54 Å². The molecule has 0 spiro atoms. The maximum absolute atomic E-state index is 15.0. The molecule has 26 heavy (non-hydrogen) atoms. The highest BCUT2D eigenvalue weighted by molar-refractivity contribution is 7.99. The van der Waals surface area contributed by atoms with Gasteiger partial charge in [-0.1, -0.05) is 0 Å². The minimum absolute atomic E-state index is 0.0901. The topological polar surface area (TPSA) is 74.6 Å². The lowest BCUT2D eigenvalue weighted by molar-refractivity contribution is 0.0695. The molecular weight excluding hydrogens is 357 g/mol. The number of carboxylic acids is 1. The van der Waals surface area contributed by atoms with Gasteiger partial charge >= 0.3 is 5.97 Å². The molecule has 4 rings (SSSR count). The number of carboxylic acid groups (broad SMARTS) is 1. The highest BCUT2D eigenvalue weighted by Gasteiger charge is 2.36. The number of benzene rings is 1. The van der Waals surface area contributed by atoms with E-state index < -0.39 is 17.2 Å². The molecule has 2 unspecified atom stereocenters. The van der Waals surface area contributed by atoms with Crippen molar-refractivity contribution in [1.82, 2.24) is 14.8 Å². The Morgan fingerprint density at radius 3 is 2.96 bits per heavy atom. The first-order valence-electron chi connectivity index (χ1n) is 8.65. The summed E-state index contributed by atoms with van der Waals surface area (Å²) >= 11 is 1.85. The summed E-state index contributed by atoms with van der Waals surface area (Å²) in [6, 6.07) is 3.22. The Kier molecular flexibility index (Phi) is 4.50. The van der Waals surface area contributed by atoms with E-state index in [4.69, 9.17) is 0 Å². The van der Waals surface area contributed by atoms with E-state index in [0.29, 0.717) is 30.2 Å². The van der Waals surface area contributed by atoms with Crippen molar-refractivity contribution in [3.05, 3.63) is 45.5 Å². The van der Waals surface area contributed by atoms with E-state index in [0.717, 1.165) is 18.2 Å². The summed E-state index contributed by atoms with van der Waals surface area (Å²) < 4.78 is 16.7. The molecule has 138 valence electrons. The Labute approximate surface area is 154 Å². The summed E-state index contributed by atoms with van der Waals surface area (Å²) in [5.41, 5.74) is 0.163. The van der Waals surface area contributed by atoms with Gasteiger partial charge in [0.15, 0.2) is 0 Å². The molecule has 3 heterocycles. The number of halogens is 1. The molecule has 8 heteroatoms. The first-order chi connectivity index (χ1) is 12.5. The zero-order valence-corrected chi connectivity index (χ0v) is 15.2. The van der Waals surface area contributed by atoms with Crippen molar-refractivity contribution in [2.24, 2.45) is 0 Å². The lowest BCUT2D eigenvalue weighted by atomic mass is 9.98. The number of nitrogens with one attached hydrogen (secondary N) is 1. The number of hydrogen-bond acceptors (Lipinski definition) is 5. The SMILES string of the molecule is CCn1cc(C(=O)O)c(=O)c2cc(F)c(C3CNCC4CSCN43)cc21. The Morgan fingerprint density at radius 1 is 1.42 bits per heavy atom. The van der Waals surface area contributed by atoms with Crippen LogP contribution in [0.15, 0.2) is 23.1 Å². The monoisotopic (exact) mass is 377 g/mol. The van der Waals surface area contributed by atoms with Crippen molar-refractivity contribution in [3.8, 4) is 0 Å². The Morgan fingerprint density at radius 2 is 2.23 bits per heavy atom. The normalized spacial score (nSPS) is 23.3. The molecule has 0 saturated carbocycles. The molecule has 0 radical (unpaired) electrons. The summed E-state index contributed by atoms with van der Waals surface area (Å²) in [6.45, 7) is 3.92. The van der Waals surface area contributed by atoms with Gasteiger partial charge in [0.2, 0.25) is 5.43 Å². The predicted molar refractivity (Wildman–Crippen MR) is 99.4 cm³/mol. The summed E-state index contributed by atoms with van der Waals surface area (Å²) in [6.07, 6.45) is 1.35. The fourth-order valence-corrected chi connectivity index (χ4v) is 5.19. The second-order valence-corrected chi connectivity index (χ2v) is 7.70. The summed E-state index contributed by atoms with van der Waals surface area (Å²) in [5.74, 6) is 0.147. The number of nitrogens with zero attached hydrogens (tertiary/aromatic N) is 2. The first kappa shape index (κ1) is 17.5. The molecule has 0 aliphatic carbocycles. The van der Waals surface area contributed by atoms with Crippen molar-refractivity contribution >= 4 is 28.6 Å². The van der Waals surface area contributed by atoms with Crippen molar-refractivity contribution in [1.29, 1.82) is 0 Å². The predicted octanol–water partition coefficient (Wildman–Crippen LogP) is 1.88. The Hall–Kier alpha value is -1.90. The molecular formula is C18H20FN3O3S. The highest BCUT2D eigenvalue weighted by Crippen LogP contribution is 2.35. The van der Waals surface area contributed by atoms with E-state index in [2.05, 4.69) is 10.2 Å². The maximum atomic E-state index is 15.0. The van der Waals surface area contributed by atoms with Crippen LogP contribution in [0.3, 0.4) is 0 Å². The number of aromatic carboxylic acids is 1. The van der Waals surface area contributed by atoms with Crippen molar-refractivity contribution in [2.75, 3.05) is 24.7 Å². The number of hydrogen-bond donors (Lipinski definition) is 2. The van der Waals surface area contributed by atoms with Gasteiger partial charge in [0.05, 0.1) is 11.6 Å². The number of aromatic nitrogens is 1. The number of thioether (sulfide) groups is 1. The third-order valence-corrected chi connectivity index (χ3v) is 6.37. The number of fused-ring (bicyclic) bond motifs is 2. The van der Waals surface area contributed by atoms with Crippen LogP contribution in [0.5, 0.6) is 0 Å². The molecule has 6 nitrogen and oxygen atoms in total. The average Bonchev–Trinajstić information content (AvgIpc) is 3.10. The van der Waals surface area contributed by atoms with Crippen molar-refractivity contribution < 1.29 is 14.3 Å². The van der Waals surface area contributed by atoms with E-state index in [1.807, 2.05) is 18.7 Å². The minimum atomic E-state index is -1.29. The van der Waals surface area contributed by atoms with E-state index in [1.54, 1.807) is 10.6 Å². The van der Waals surface area contributed by atoms with Crippen LogP contribution in [0.25, 0.3) is 10.9 Å². The van der Waals surface area contributed by atoms with Gasteiger partial charge in [0.25, 0.3) is 0 Å². The number of rotatable bonds is 3. The molecule has 0 amide bonds. The quantitative estimate of drug-likeness (QED) is 0.851. The third-order valence-electron chi connectivity index (χ3n) is 5.27. The molecule has 2 fully saturated rings. The van der Waals surface area contributed by atoms with Gasteiger partial charge in [-0.15, -0.1) is 11.8 Å². The molecule has 2 N–H and O–H groups in total. The number of pyridine rings is 1. The lowest BCUT2D eigenvalue weighted by Crippen LogP contribution is -2.50. The van der Waals surface area contributed by atoms with Gasteiger partial charge in [0.1, 0.15) is 11.4 Å². The van der Waals surface area contributed by atoms with Gasteiger partial charge in [0, 0.05) is 54.5 Å². The number of aryl methyl sites for hydroxylation is 1. The minimum Gasteiger partial charge on any atom is -0.477 e. The van der Waals surface area contributed by atoms with Gasteiger partial charge in [-0.2, -0.15) is 0 Å². The van der Waals surface area contributed by atoms with Crippen LogP contribution in [0, 0.1) is 5.82 Å². The highest BCUT2D eigenvalue weighted by atomic mass is 32.2. The van der Waals surface area contributed by atoms with E-state index in [9.17, 15) is 19.1 Å². The largest absolute Gasteiger partial charge is 0.477 e. The van der Waals surface area contributed by atoms with Crippen LogP contribution in [0.2, 0.25) is 0 Å². The Balaban J connectivity index is 1.90. The average molecular weight is 377 g/mol. The summed E-state index contributed by atoms with van der Waals surface area (Å²) in [4.78, 5) is 26.1. The van der Waals surface area contributed by atoms with E-state index in [1.165, 1.54) is 12.3 Å². The zero-order valence-electron chi connectivity index (χ0n) is 14.4. The maximum Gasteiger partial charge on any atom is 0.341 e. The zero-order chi connectivity index (χ0) is 18.4. The standard InChI is InChI=1S/C18H20FN3O3S/c1-2-21-7-13(18(24)25)17(23)12-3-14(19)11(4-15(12)21)16-6-20-5-10-8-26-9-22(10)16/h3-4,7,10,16,20H,2,5-6,8-9H2,1H3,(H,24,25). The molecule has 1 aromatic heterocycles. The fraction of sp³-hybridized carbons (Fsp3) is 0.444. The van der Waals surface area contributed by atoms with Crippen LogP contribution in [0.4, 0.5) is 4.39 Å². The summed E-state index contributed by atoms with van der Waals surface area (Å²) in [7, 11) is 0. The van der Waals surface area contributed by atoms with Crippen LogP contribution >= 0.6 is 11.8 Å². The second kappa shape index (κ2) is 6.68. The number of piperazine rings is 1. The molecule has 2 atom stereocenters. The van der Waals surface area contributed by atoms with E-state index >= 15 is 0 Å². The van der Waals surface area contributed by atoms with Crippen molar-refractivity contribution in [3.63, 3.8) is 0 Å². The van der Waals surface area contributed by atoms with Gasteiger partial charge in [-0.25, -0.2) is 9.18 Å². The van der Waals surface area contributed by atoms with E-state index in [-0.39, 0.29) is 17.0 Å². The first-order valence-corrected chi connectivity index (χ1v) is 9.80. The van der Waals surface area contributed by atoms with Gasteiger partial charge in [-0.05, 0) is 19.1 Å². The molecule has 2 aliphatic heterocycles. The number of carbonyl (C=O) groups is 1. The lowest BCUT2D eigenvalue weighted by Gasteiger charge is -2.38.